The van der Waals surface area contributed by atoms with Gasteiger partial charge in [-0.25, -0.2) is 5.48 Å². The van der Waals surface area contributed by atoms with E-state index in [9.17, 15) is 4.79 Å². The van der Waals surface area contributed by atoms with Crippen LogP contribution < -0.4 is 5.48 Å². The van der Waals surface area contributed by atoms with Crippen molar-refractivity contribution in [2.45, 2.75) is 18.4 Å². The largest absolute Gasteiger partial charge is 0.481 e. The van der Waals surface area contributed by atoms with Crippen molar-refractivity contribution in [2.24, 2.45) is 5.92 Å². The summed E-state index contributed by atoms with van der Waals surface area (Å²) in [6.45, 7) is 0.454. The number of carbonyl (C=O) groups is 1. The van der Waals surface area contributed by atoms with E-state index in [0.29, 0.717) is 6.54 Å². The van der Waals surface area contributed by atoms with Gasteiger partial charge in [-0.15, -0.1) is 0 Å². The summed E-state index contributed by atoms with van der Waals surface area (Å²) in [6, 6.07) is 0. The number of carboxylic acids is 1. The molecule has 0 aromatic carbocycles. The second-order valence-electron chi connectivity index (χ2n) is 2.91. The van der Waals surface area contributed by atoms with Gasteiger partial charge < -0.3 is 5.11 Å². The van der Waals surface area contributed by atoms with Crippen LogP contribution in [0.3, 0.4) is 0 Å². The van der Waals surface area contributed by atoms with Crippen molar-refractivity contribution in [1.82, 2.24) is 5.48 Å². The predicted molar refractivity (Wildman–Crippen MR) is 32.2 cm³/mol. The third-order valence-corrected chi connectivity index (χ3v) is 2.24. The molecule has 2 fully saturated rings. The molecule has 0 amide bonds. The maximum Gasteiger partial charge on any atom is 0.310 e. The van der Waals surface area contributed by atoms with E-state index in [1.54, 1.807) is 0 Å². The van der Waals surface area contributed by atoms with Crippen LogP contribution in [0.15, 0.2) is 0 Å². The number of hydroxylamine groups is 1. The SMILES string of the molecule is O=C(O)C1CNOC12CC2. The summed E-state index contributed by atoms with van der Waals surface area (Å²) in [4.78, 5) is 15.6. The minimum Gasteiger partial charge on any atom is -0.481 e. The Morgan fingerprint density at radius 2 is 2.40 bits per heavy atom. The topological polar surface area (TPSA) is 58.6 Å². The second-order valence-corrected chi connectivity index (χ2v) is 2.91. The lowest BCUT2D eigenvalue weighted by Crippen LogP contribution is -2.27. The fourth-order valence-corrected chi connectivity index (χ4v) is 1.41. The third-order valence-electron chi connectivity index (χ3n) is 2.24. The summed E-state index contributed by atoms with van der Waals surface area (Å²) >= 11 is 0. The average molecular weight is 143 g/mol. The maximum absolute atomic E-state index is 10.5. The lowest BCUT2D eigenvalue weighted by molar-refractivity contribution is -0.144. The molecule has 2 aliphatic rings. The summed E-state index contributed by atoms with van der Waals surface area (Å²) in [5.41, 5.74) is 2.30. The van der Waals surface area contributed by atoms with Crippen LogP contribution in [0, 0.1) is 5.92 Å². The Labute approximate surface area is 58.1 Å². The van der Waals surface area contributed by atoms with Gasteiger partial charge in [0.1, 0.15) is 11.5 Å². The Hall–Kier alpha value is -0.610. The lowest BCUT2D eigenvalue weighted by Gasteiger charge is -2.08. The van der Waals surface area contributed by atoms with Gasteiger partial charge in [0, 0.05) is 6.54 Å². The van der Waals surface area contributed by atoms with E-state index in [1.165, 1.54) is 0 Å². The van der Waals surface area contributed by atoms with Crippen molar-refractivity contribution in [1.29, 1.82) is 0 Å². The molecule has 2 N–H and O–H groups in total. The van der Waals surface area contributed by atoms with Crippen LogP contribution in [-0.2, 0) is 9.63 Å². The summed E-state index contributed by atoms with van der Waals surface area (Å²) in [7, 11) is 0. The van der Waals surface area contributed by atoms with Gasteiger partial charge in [0.25, 0.3) is 0 Å². The number of carboxylic acid groups (broad SMARTS) is 1. The molecule has 1 saturated heterocycles. The monoisotopic (exact) mass is 143 g/mol. The second kappa shape index (κ2) is 1.71. The van der Waals surface area contributed by atoms with E-state index in [2.05, 4.69) is 5.48 Å². The van der Waals surface area contributed by atoms with Gasteiger partial charge in [-0.05, 0) is 12.8 Å². The van der Waals surface area contributed by atoms with Gasteiger partial charge in [-0.3, -0.25) is 9.63 Å². The lowest BCUT2D eigenvalue weighted by atomic mass is 10.0. The Morgan fingerprint density at radius 3 is 2.80 bits per heavy atom. The molecule has 1 aliphatic heterocycles. The zero-order chi connectivity index (χ0) is 7.19. The van der Waals surface area contributed by atoms with E-state index >= 15 is 0 Å². The van der Waals surface area contributed by atoms with Crippen molar-refractivity contribution >= 4 is 5.97 Å². The average Bonchev–Trinajstić information content (AvgIpc) is 2.42. The molecule has 0 aromatic heterocycles. The first-order valence-corrected chi connectivity index (χ1v) is 3.38. The van der Waals surface area contributed by atoms with Crippen LogP contribution in [-0.4, -0.2) is 23.2 Å². The van der Waals surface area contributed by atoms with Crippen LogP contribution in [0.2, 0.25) is 0 Å². The molecule has 4 nitrogen and oxygen atoms in total. The Bertz CT molecular complexity index is 176. The van der Waals surface area contributed by atoms with Crippen LogP contribution in [0.4, 0.5) is 0 Å². The first kappa shape index (κ1) is 6.12. The van der Waals surface area contributed by atoms with E-state index in [-0.39, 0.29) is 11.5 Å². The summed E-state index contributed by atoms with van der Waals surface area (Å²) in [5, 5.41) is 8.67. The van der Waals surface area contributed by atoms with Crippen molar-refractivity contribution < 1.29 is 14.7 Å². The number of aliphatic carboxylic acids is 1. The smallest absolute Gasteiger partial charge is 0.310 e. The molecule has 0 radical (unpaired) electrons. The predicted octanol–water partition coefficient (Wildman–Crippen LogP) is -0.245. The van der Waals surface area contributed by atoms with Gasteiger partial charge in [0.2, 0.25) is 0 Å². The highest BCUT2D eigenvalue weighted by atomic mass is 16.7. The van der Waals surface area contributed by atoms with Crippen LogP contribution in [0.25, 0.3) is 0 Å². The first-order valence-electron chi connectivity index (χ1n) is 3.38. The number of hydrogen-bond donors (Lipinski definition) is 2. The summed E-state index contributed by atoms with van der Waals surface area (Å²) in [6.07, 6.45) is 1.77. The summed E-state index contributed by atoms with van der Waals surface area (Å²) in [5.74, 6) is -1.07. The molecule has 2 rings (SSSR count). The molecule has 1 saturated carbocycles. The summed E-state index contributed by atoms with van der Waals surface area (Å²) < 4.78 is 0. The molecule has 1 aliphatic carbocycles. The standard InChI is InChI=1S/C6H9NO3/c8-5(9)4-3-7-10-6(4)1-2-6/h4,7H,1-3H2,(H,8,9). The van der Waals surface area contributed by atoms with Gasteiger partial charge >= 0.3 is 5.97 Å². The Kier molecular flexibility index (Phi) is 1.04. The normalized spacial score (nSPS) is 34.6. The van der Waals surface area contributed by atoms with E-state index in [1.807, 2.05) is 0 Å². The van der Waals surface area contributed by atoms with Crippen molar-refractivity contribution in [3.8, 4) is 0 Å². The van der Waals surface area contributed by atoms with Crippen LogP contribution in [0.5, 0.6) is 0 Å². The molecular weight excluding hydrogens is 134 g/mol. The van der Waals surface area contributed by atoms with Crippen molar-refractivity contribution in [2.75, 3.05) is 6.54 Å². The molecule has 10 heavy (non-hydrogen) atoms. The molecule has 1 atom stereocenters. The number of hydrogen-bond acceptors (Lipinski definition) is 3. The highest BCUT2D eigenvalue weighted by molar-refractivity contribution is 5.73. The first-order chi connectivity index (χ1) is 4.75. The molecule has 1 unspecified atom stereocenters. The van der Waals surface area contributed by atoms with Gasteiger partial charge in [-0.2, -0.15) is 0 Å². The highest BCUT2D eigenvalue weighted by Gasteiger charge is 2.58. The third kappa shape index (κ3) is 0.660. The molecule has 56 valence electrons. The van der Waals surface area contributed by atoms with Gasteiger partial charge in [-0.1, -0.05) is 0 Å². The highest BCUT2D eigenvalue weighted by Crippen LogP contribution is 2.47. The zero-order valence-electron chi connectivity index (χ0n) is 5.46. The Balaban J connectivity index is 2.14. The van der Waals surface area contributed by atoms with E-state index in [0.717, 1.165) is 12.8 Å². The molecule has 1 heterocycles. The zero-order valence-corrected chi connectivity index (χ0v) is 5.46. The number of nitrogens with one attached hydrogen (secondary N) is 1. The van der Waals surface area contributed by atoms with Crippen molar-refractivity contribution in [3.05, 3.63) is 0 Å². The fourth-order valence-electron chi connectivity index (χ4n) is 1.41. The van der Waals surface area contributed by atoms with E-state index in [4.69, 9.17) is 9.94 Å². The molecular formula is C6H9NO3. The minimum absolute atomic E-state index is 0.326. The molecule has 1 spiro atoms. The van der Waals surface area contributed by atoms with Crippen molar-refractivity contribution in [3.63, 3.8) is 0 Å². The van der Waals surface area contributed by atoms with Gasteiger partial charge in [0.15, 0.2) is 0 Å². The maximum atomic E-state index is 10.5. The number of rotatable bonds is 1. The Morgan fingerprint density at radius 1 is 1.70 bits per heavy atom. The fraction of sp³-hybridized carbons (Fsp3) is 0.833. The van der Waals surface area contributed by atoms with Crippen LogP contribution >= 0.6 is 0 Å². The van der Waals surface area contributed by atoms with Gasteiger partial charge in [0.05, 0.1) is 0 Å². The molecule has 0 bridgehead atoms. The minimum atomic E-state index is -0.748. The van der Waals surface area contributed by atoms with Crippen LogP contribution in [0.1, 0.15) is 12.8 Å². The van der Waals surface area contributed by atoms with E-state index < -0.39 is 5.97 Å². The molecule has 0 aromatic rings. The molecule has 4 heteroatoms. The quantitative estimate of drug-likeness (QED) is 0.531.